The molecular formula is C22H17N3O2. The number of rotatable bonds is 4. The first-order chi connectivity index (χ1) is 13.2. The number of carbonyl (C=O) groups is 1. The fraction of sp³-hybridized carbons (Fsp3) is 0.0455. The third kappa shape index (κ3) is 3.48. The first kappa shape index (κ1) is 16.7. The van der Waals surface area contributed by atoms with E-state index in [1.807, 2.05) is 66.7 Å². The summed E-state index contributed by atoms with van der Waals surface area (Å²) in [7, 11) is 0. The van der Waals surface area contributed by atoms with E-state index >= 15 is 0 Å². The van der Waals surface area contributed by atoms with Gasteiger partial charge in [0.1, 0.15) is 17.0 Å². The number of benzene rings is 3. The molecule has 1 amide bonds. The fourth-order valence-corrected chi connectivity index (χ4v) is 2.94. The molecule has 0 atom stereocenters. The molecule has 5 heteroatoms. The van der Waals surface area contributed by atoms with Crippen molar-refractivity contribution in [2.24, 2.45) is 5.10 Å². The number of hydrogen-bond donors (Lipinski definition) is 1. The van der Waals surface area contributed by atoms with Gasteiger partial charge >= 0.3 is 0 Å². The molecule has 0 bridgehead atoms. The summed E-state index contributed by atoms with van der Waals surface area (Å²) in [5.41, 5.74) is 5.17. The molecule has 0 saturated heterocycles. The highest BCUT2D eigenvalue weighted by atomic mass is 16.5. The quantitative estimate of drug-likeness (QED) is 0.431. The Morgan fingerprint density at radius 2 is 1.74 bits per heavy atom. The summed E-state index contributed by atoms with van der Waals surface area (Å²) in [5.74, 6) is 0.0944. The standard InChI is InChI=1S/C22H17N3O2/c1-15-20(21(25-27-15)18-8-3-2-4-9-18)22(26)24-23-14-16-11-12-17-7-5-6-10-19(17)13-16/h2-14H,1H3,(H,24,26)/b23-14+. The van der Waals surface area contributed by atoms with E-state index in [0.29, 0.717) is 17.0 Å². The van der Waals surface area contributed by atoms with E-state index in [-0.39, 0.29) is 5.91 Å². The van der Waals surface area contributed by atoms with Gasteiger partial charge in [-0.1, -0.05) is 71.9 Å². The minimum Gasteiger partial charge on any atom is -0.360 e. The summed E-state index contributed by atoms with van der Waals surface area (Å²) < 4.78 is 5.22. The van der Waals surface area contributed by atoms with Crippen molar-refractivity contribution in [1.29, 1.82) is 0 Å². The van der Waals surface area contributed by atoms with Crippen molar-refractivity contribution >= 4 is 22.9 Å². The van der Waals surface area contributed by atoms with Gasteiger partial charge in [-0.25, -0.2) is 5.43 Å². The highest BCUT2D eigenvalue weighted by Crippen LogP contribution is 2.24. The molecule has 0 aliphatic carbocycles. The first-order valence-corrected chi connectivity index (χ1v) is 8.56. The second kappa shape index (κ2) is 7.25. The van der Waals surface area contributed by atoms with Gasteiger partial charge in [0.05, 0.1) is 6.21 Å². The van der Waals surface area contributed by atoms with E-state index in [4.69, 9.17) is 4.52 Å². The van der Waals surface area contributed by atoms with Gasteiger partial charge in [0.25, 0.3) is 5.91 Å². The summed E-state index contributed by atoms with van der Waals surface area (Å²) in [6.45, 7) is 1.71. The van der Waals surface area contributed by atoms with Crippen molar-refractivity contribution in [2.45, 2.75) is 6.92 Å². The van der Waals surface area contributed by atoms with Gasteiger partial charge in [0.2, 0.25) is 0 Å². The van der Waals surface area contributed by atoms with Gasteiger partial charge in [-0.05, 0) is 29.3 Å². The number of hydrogen-bond acceptors (Lipinski definition) is 4. The highest BCUT2D eigenvalue weighted by molar-refractivity contribution is 6.01. The normalized spacial score (nSPS) is 11.1. The molecule has 4 aromatic rings. The van der Waals surface area contributed by atoms with Gasteiger partial charge < -0.3 is 4.52 Å². The monoisotopic (exact) mass is 355 g/mol. The van der Waals surface area contributed by atoms with Gasteiger partial charge in [-0.2, -0.15) is 5.10 Å². The third-order valence-corrected chi connectivity index (χ3v) is 4.29. The lowest BCUT2D eigenvalue weighted by atomic mass is 10.1. The molecular weight excluding hydrogens is 338 g/mol. The van der Waals surface area contributed by atoms with Crippen LogP contribution in [0.15, 0.2) is 82.4 Å². The number of hydrazone groups is 1. The maximum absolute atomic E-state index is 12.6. The Morgan fingerprint density at radius 3 is 2.56 bits per heavy atom. The van der Waals surface area contributed by atoms with Crippen molar-refractivity contribution in [2.75, 3.05) is 0 Å². The SMILES string of the molecule is Cc1onc(-c2ccccc2)c1C(=O)N/N=C/c1ccc2ccccc2c1. The molecule has 4 rings (SSSR count). The number of aromatic nitrogens is 1. The van der Waals surface area contributed by atoms with E-state index in [2.05, 4.69) is 21.8 Å². The van der Waals surface area contributed by atoms with Crippen molar-refractivity contribution < 1.29 is 9.32 Å². The van der Waals surface area contributed by atoms with Crippen LogP contribution in [0.1, 0.15) is 21.7 Å². The van der Waals surface area contributed by atoms with Crippen LogP contribution in [0.25, 0.3) is 22.0 Å². The van der Waals surface area contributed by atoms with E-state index in [1.54, 1.807) is 13.1 Å². The van der Waals surface area contributed by atoms with E-state index in [1.165, 1.54) is 0 Å². The summed E-state index contributed by atoms with van der Waals surface area (Å²) >= 11 is 0. The molecule has 0 radical (unpaired) electrons. The molecule has 0 aliphatic rings. The zero-order chi connectivity index (χ0) is 18.6. The molecule has 3 aromatic carbocycles. The van der Waals surface area contributed by atoms with Crippen LogP contribution >= 0.6 is 0 Å². The number of carbonyl (C=O) groups excluding carboxylic acids is 1. The van der Waals surface area contributed by atoms with Crippen LogP contribution in [0.3, 0.4) is 0 Å². The maximum atomic E-state index is 12.6. The number of nitrogens with zero attached hydrogens (tertiary/aromatic N) is 2. The number of fused-ring (bicyclic) bond motifs is 1. The predicted octanol–water partition coefficient (Wildman–Crippen LogP) is 4.57. The number of nitrogens with one attached hydrogen (secondary N) is 1. The fourth-order valence-electron chi connectivity index (χ4n) is 2.94. The predicted molar refractivity (Wildman–Crippen MR) is 106 cm³/mol. The van der Waals surface area contributed by atoms with E-state index < -0.39 is 0 Å². The van der Waals surface area contributed by atoms with Crippen molar-refractivity contribution in [3.63, 3.8) is 0 Å². The second-order valence-corrected chi connectivity index (χ2v) is 6.13. The molecule has 0 spiro atoms. The average Bonchev–Trinajstić information content (AvgIpc) is 3.10. The topological polar surface area (TPSA) is 67.5 Å². The summed E-state index contributed by atoms with van der Waals surface area (Å²) in [6, 6.07) is 23.5. The molecule has 0 saturated carbocycles. The van der Waals surface area contributed by atoms with Gasteiger partial charge in [-0.15, -0.1) is 0 Å². The summed E-state index contributed by atoms with van der Waals surface area (Å²) in [6.07, 6.45) is 1.62. The Labute approximate surface area is 156 Å². The summed E-state index contributed by atoms with van der Waals surface area (Å²) in [5, 5.41) is 10.4. The second-order valence-electron chi connectivity index (χ2n) is 6.13. The van der Waals surface area contributed by atoms with Crippen molar-refractivity contribution in [3.05, 3.63) is 89.7 Å². The Balaban J connectivity index is 1.54. The van der Waals surface area contributed by atoms with Crippen LogP contribution in [0, 0.1) is 6.92 Å². The Hall–Kier alpha value is -3.73. The lowest BCUT2D eigenvalue weighted by molar-refractivity contribution is 0.0954. The van der Waals surface area contributed by atoms with Crippen LogP contribution in [0.2, 0.25) is 0 Å². The van der Waals surface area contributed by atoms with Gasteiger partial charge in [0.15, 0.2) is 0 Å². The number of amides is 1. The molecule has 5 nitrogen and oxygen atoms in total. The van der Waals surface area contributed by atoms with Crippen LogP contribution in [-0.4, -0.2) is 17.3 Å². The smallest absolute Gasteiger partial charge is 0.277 e. The van der Waals surface area contributed by atoms with Crippen molar-refractivity contribution in [1.82, 2.24) is 10.6 Å². The van der Waals surface area contributed by atoms with Crippen LogP contribution < -0.4 is 5.43 Å². The van der Waals surface area contributed by atoms with Crippen LogP contribution in [-0.2, 0) is 0 Å². The van der Waals surface area contributed by atoms with Crippen LogP contribution in [0.5, 0.6) is 0 Å². The molecule has 1 aromatic heterocycles. The molecule has 1 heterocycles. The molecule has 0 aliphatic heterocycles. The Bertz CT molecular complexity index is 1130. The van der Waals surface area contributed by atoms with Gasteiger partial charge in [0, 0.05) is 5.56 Å². The van der Waals surface area contributed by atoms with Crippen LogP contribution in [0.4, 0.5) is 0 Å². The number of aryl methyl sites for hydroxylation is 1. The lowest BCUT2D eigenvalue weighted by Gasteiger charge is -2.02. The minimum atomic E-state index is -0.357. The Kier molecular flexibility index (Phi) is 4.49. The third-order valence-electron chi connectivity index (χ3n) is 4.29. The molecule has 0 fully saturated rings. The van der Waals surface area contributed by atoms with Crippen molar-refractivity contribution in [3.8, 4) is 11.3 Å². The molecule has 1 N–H and O–H groups in total. The Morgan fingerprint density at radius 1 is 1.00 bits per heavy atom. The van der Waals surface area contributed by atoms with E-state index in [9.17, 15) is 4.79 Å². The highest BCUT2D eigenvalue weighted by Gasteiger charge is 2.21. The van der Waals surface area contributed by atoms with E-state index in [0.717, 1.165) is 21.9 Å². The summed E-state index contributed by atoms with van der Waals surface area (Å²) in [4.78, 5) is 12.6. The minimum absolute atomic E-state index is 0.357. The largest absolute Gasteiger partial charge is 0.360 e. The molecule has 0 unspecified atom stereocenters. The average molecular weight is 355 g/mol. The maximum Gasteiger partial charge on any atom is 0.277 e. The molecule has 132 valence electrons. The molecule has 27 heavy (non-hydrogen) atoms. The lowest BCUT2D eigenvalue weighted by Crippen LogP contribution is -2.18. The zero-order valence-electron chi connectivity index (χ0n) is 14.7. The first-order valence-electron chi connectivity index (χ1n) is 8.56. The van der Waals surface area contributed by atoms with Gasteiger partial charge in [-0.3, -0.25) is 4.79 Å². The zero-order valence-corrected chi connectivity index (χ0v) is 14.7.